The van der Waals surface area contributed by atoms with E-state index < -0.39 is 7.60 Å². The van der Waals surface area contributed by atoms with Gasteiger partial charge in [0.25, 0.3) is 0 Å². The van der Waals surface area contributed by atoms with Crippen LogP contribution in [0.5, 0.6) is 0 Å². The van der Waals surface area contributed by atoms with Crippen LogP contribution in [0, 0.1) is 6.92 Å². The van der Waals surface area contributed by atoms with Crippen LogP contribution in [0.25, 0.3) is 0 Å². The lowest BCUT2D eigenvalue weighted by molar-refractivity contribution is 0.317. The average Bonchev–Trinajstić information content (AvgIpc) is 2.51. The predicted molar refractivity (Wildman–Crippen MR) is 57.1 cm³/mol. The molecule has 0 aliphatic heterocycles. The summed E-state index contributed by atoms with van der Waals surface area (Å²) in [5.41, 5.74) is 0. The van der Waals surface area contributed by atoms with Crippen LogP contribution < -0.4 is 0 Å². The van der Waals surface area contributed by atoms with Crippen molar-refractivity contribution in [3.63, 3.8) is 0 Å². The number of thioether (sulfide) groups is 1. The Kier molecular flexibility index (Phi) is 4.53. The molecule has 0 fully saturated rings. The molecule has 14 heavy (non-hydrogen) atoms. The van der Waals surface area contributed by atoms with Crippen LogP contribution in [-0.2, 0) is 9.09 Å². The summed E-state index contributed by atoms with van der Waals surface area (Å²) in [6.45, 7) is 1.87. The van der Waals surface area contributed by atoms with Gasteiger partial charge in [0.2, 0.25) is 0 Å². The van der Waals surface area contributed by atoms with Crippen molar-refractivity contribution in [2.75, 3.05) is 19.0 Å². The molecule has 80 valence electrons. The van der Waals surface area contributed by atoms with Crippen LogP contribution in [0.1, 0.15) is 5.01 Å². The third kappa shape index (κ3) is 4.06. The fourth-order valence-electron chi connectivity index (χ4n) is 0.676. The van der Waals surface area contributed by atoms with Gasteiger partial charge in [0.15, 0.2) is 4.34 Å². The maximum atomic E-state index is 11.1. The smallest absolute Gasteiger partial charge is 0.324 e. The van der Waals surface area contributed by atoms with Gasteiger partial charge >= 0.3 is 7.60 Å². The Morgan fingerprint density at radius 1 is 1.64 bits per heavy atom. The van der Waals surface area contributed by atoms with Gasteiger partial charge in [0.1, 0.15) is 5.01 Å². The summed E-state index contributed by atoms with van der Waals surface area (Å²) in [6.07, 6.45) is 0.132. The molecule has 1 N–H and O–H groups in total. The molecule has 0 saturated heterocycles. The molecule has 1 aromatic rings. The molecule has 0 aliphatic rings. The average molecular weight is 254 g/mol. The van der Waals surface area contributed by atoms with Crippen LogP contribution in [0.15, 0.2) is 4.34 Å². The number of rotatable bonds is 5. The van der Waals surface area contributed by atoms with E-state index in [-0.39, 0.29) is 6.16 Å². The van der Waals surface area contributed by atoms with E-state index in [1.165, 1.54) is 30.2 Å². The number of aromatic nitrogens is 2. The zero-order valence-electron chi connectivity index (χ0n) is 7.84. The molecule has 1 unspecified atom stereocenters. The van der Waals surface area contributed by atoms with Crippen molar-refractivity contribution in [1.82, 2.24) is 10.2 Å². The molecule has 0 spiro atoms. The van der Waals surface area contributed by atoms with Crippen molar-refractivity contribution in [3.05, 3.63) is 5.01 Å². The first-order valence-electron chi connectivity index (χ1n) is 3.84. The van der Waals surface area contributed by atoms with Crippen molar-refractivity contribution < 1.29 is 14.0 Å². The molecule has 0 amide bonds. The molecular formula is C6H11N2O3PS2. The second kappa shape index (κ2) is 5.23. The second-order valence-electron chi connectivity index (χ2n) is 2.48. The van der Waals surface area contributed by atoms with E-state index in [1.807, 2.05) is 6.92 Å². The van der Waals surface area contributed by atoms with Gasteiger partial charge in [-0.05, 0) is 6.92 Å². The lowest BCUT2D eigenvalue weighted by Gasteiger charge is -2.06. The fraction of sp³-hybridized carbons (Fsp3) is 0.667. The number of nitrogens with zero attached hydrogens (tertiary/aromatic N) is 2. The minimum atomic E-state index is -3.37. The van der Waals surface area contributed by atoms with Gasteiger partial charge in [0, 0.05) is 12.9 Å². The summed E-state index contributed by atoms with van der Waals surface area (Å²) in [5, 5.41) is 8.61. The first-order chi connectivity index (χ1) is 6.53. The van der Waals surface area contributed by atoms with Crippen LogP contribution in [0.3, 0.4) is 0 Å². The number of hydrogen-bond acceptors (Lipinski definition) is 6. The molecule has 1 aromatic heterocycles. The minimum absolute atomic E-state index is 0.132. The largest absolute Gasteiger partial charge is 0.328 e. The van der Waals surface area contributed by atoms with Crippen molar-refractivity contribution in [2.45, 2.75) is 11.3 Å². The third-order valence-electron chi connectivity index (χ3n) is 1.39. The normalized spacial score (nSPS) is 15.4. The first-order valence-corrected chi connectivity index (χ1v) is 7.40. The van der Waals surface area contributed by atoms with Crippen molar-refractivity contribution in [3.8, 4) is 0 Å². The lowest BCUT2D eigenvalue weighted by Crippen LogP contribution is -1.93. The summed E-state index contributed by atoms with van der Waals surface area (Å²) in [7, 11) is -2.13. The molecule has 0 saturated carbocycles. The lowest BCUT2D eigenvalue weighted by atomic mass is 10.9. The van der Waals surface area contributed by atoms with Gasteiger partial charge in [-0.3, -0.25) is 4.57 Å². The summed E-state index contributed by atoms with van der Waals surface area (Å²) >= 11 is 2.89. The summed E-state index contributed by atoms with van der Waals surface area (Å²) in [4.78, 5) is 9.09. The topological polar surface area (TPSA) is 72.3 Å². The standard InChI is InChI=1S/C6H11N2O3PS2/c1-5-7-8-6(14-5)13-4-3-12(9,10)11-2/h3-4H2,1-2H3,(H,9,10). The van der Waals surface area contributed by atoms with Crippen molar-refractivity contribution >= 4 is 30.7 Å². The predicted octanol–water partition coefficient (Wildman–Crippen LogP) is 1.77. The Balaban J connectivity index is 2.32. The highest BCUT2D eigenvalue weighted by atomic mass is 32.2. The van der Waals surface area contributed by atoms with Gasteiger partial charge in [0.05, 0.1) is 6.16 Å². The maximum Gasteiger partial charge on any atom is 0.328 e. The monoisotopic (exact) mass is 254 g/mol. The highest BCUT2D eigenvalue weighted by Crippen LogP contribution is 2.41. The fourth-order valence-corrected chi connectivity index (χ4v) is 3.68. The molecular weight excluding hydrogens is 243 g/mol. The van der Waals surface area contributed by atoms with Gasteiger partial charge < -0.3 is 9.42 Å². The first kappa shape index (κ1) is 12.1. The van der Waals surface area contributed by atoms with Crippen LogP contribution in [0.4, 0.5) is 0 Å². The highest BCUT2D eigenvalue weighted by molar-refractivity contribution is 8.01. The van der Waals surface area contributed by atoms with Gasteiger partial charge in [-0.25, -0.2) is 0 Å². The minimum Gasteiger partial charge on any atom is -0.324 e. The maximum absolute atomic E-state index is 11.1. The Morgan fingerprint density at radius 3 is 2.86 bits per heavy atom. The number of aryl methyl sites for hydroxylation is 1. The third-order valence-corrected chi connectivity index (χ3v) is 5.03. The summed E-state index contributed by atoms with van der Waals surface area (Å²) in [5.74, 6) is 0.510. The Hall–Kier alpha value is 0.0600. The van der Waals surface area contributed by atoms with E-state index in [0.29, 0.717) is 5.75 Å². The van der Waals surface area contributed by atoms with E-state index in [4.69, 9.17) is 4.89 Å². The van der Waals surface area contributed by atoms with E-state index in [2.05, 4.69) is 14.7 Å². The Labute approximate surface area is 90.4 Å². The van der Waals surface area contributed by atoms with E-state index in [1.54, 1.807) is 0 Å². The van der Waals surface area contributed by atoms with Gasteiger partial charge in [-0.1, -0.05) is 23.1 Å². The molecule has 1 heterocycles. The number of hydrogen-bond donors (Lipinski definition) is 1. The quantitative estimate of drug-likeness (QED) is 0.637. The van der Waals surface area contributed by atoms with Crippen molar-refractivity contribution in [2.24, 2.45) is 0 Å². The summed E-state index contributed by atoms with van der Waals surface area (Å²) < 4.78 is 16.3. The van der Waals surface area contributed by atoms with Gasteiger partial charge in [-0.15, -0.1) is 10.2 Å². The van der Waals surface area contributed by atoms with Crippen LogP contribution in [0.2, 0.25) is 0 Å². The Morgan fingerprint density at radius 2 is 2.36 bits per heavy atom. The van der Waals surface area contributed by atoms with Crippen LogP contribution in [-0.4, -0.2) is 34.1 Å². The molecule has 0 aromatic carbocycles. The molecule has 0 radical (unpaired) electrons. The van der Waals surface area contributed by atoms with Crippen LogP contribution >= 0.6 is 30.7 Å². The Bertz CT molecular complexity index is 344. The van der Waals surface area contributed by atoms with Crippen molar-refractivity contribution in [1.29, 1.82) is 0 Å². The molecule has 1 rings (SSSR count). The highest BCUT2D eigenvalue weighted by Gasteiger charge is 2.16. The zero-order valence-corrected chi connectivity index (χ0v) is 10.4. The van der Waals surface area contributed by atoms with E-state index in [9.17, 15) is 4.57 Å². The SMILES string of the molecule is COP(=O)(O)CCSc1nnc(C)s1. The van der Waals surface area contributed by atoms with E-state index >= 15 is 0 Å². The molecule has 5 nitrogen and oxygen atoms in total. The molecule has 8 heteroatoms. The molecule has 1 atom stereocenters. The second-order valence-corrected chi connectivity index (χ2v) is 7.09. The molecule has 0 bridgehead atoms. The zero-order chi connectivity index (χ0) is 10.6. The van der Waals surface area contributed by atoms with Gasteiger partial charge in [-0.2, -0.15) is 0 Å². The summed E-state index contributed by atoms with van der Waals surface area (Å²) in [6, 6.07) is 0. The molecule has 0 aliphatic carbocycles. The van der Waals surface area contributed by atoms with E-state index in [0.717, 1.165) is 9.35 Å².